The van der Waals surface area contributed by atoms with Gasteiger partial charge in [-0.3, -0.25) is 0 Å². The van der Waals surface area contributed by atoms with Gasteiger partial charge in [0.2, 0.25) is 0 Å². The van der Waals surface area contributed by atoms with Crippen LogP contribution in [0.4, 0.5) is 0 Å². The molecule has 0 fully saturated rings. The highest BCUT2D eigenvalue weighted by molar-refractivity contribution is 5.21. The Balaban J connectivity index is 2.30. The van der Waals surface area contributed by atoms with E-state index in [9.17, 15) is 0 Å². The summed E-state index contributed by atoms with van der Waals surface area (Å²) in [5, 5.41) is 12.3. The zero-order valence-corrected chi connectivity index (χ0v) is 10.1. The van der Waals surface area contributed by atoms with E-state index in [0.29, 0.717) is 6.04 Å². The van der Waals surface area contributed by atoms with Crippen LogP contribution in [0.25, 0.3) is 0 Å². The summed E-state index contributed by atoms with van der Waals surface area (Å²) in [5.41, 5.74) is 2.17. The number of hydrogen-bond acceptors (Lipinski definition) is 3. The fourth-order valence-electron chi connectivity index (χ4n) is 1.41. The second-order valence-electron chi connectivity index (χ2n) is 3.92. The number of hydrogen-bond donors (Lipinski definition) is 2. The summed E-state index contributed by atoms with van der Waals surface area (Å²) < 4.78 is 5.32. The fraction of sp³-hybridized carbons (Fsp3) is 0.538. The molecule has 90 valence electrons. The van der Waals surface area contributed by atoms with E-state index in [0.717, 1.165) is 25.3 Å². The van der Waals surface area contributed by atoms with Gasteiger partial charge in [0.25, 0.3) is 0 Å². The third-order valence-electron chi connectivity index (χ3n) is 2.43. The van der Waals surface area contributed by atoms with Gasteiger partial charge in [0.05, 0.1) is 13.2 Å². The van der Waals surface area contributed by atoms with Crippen molar-refractivity contribution in [3.8, 4) is 0 Å². The molecule has 0 spiro atoms. The Bertz CT molecular complexity index is 284. The minimum atomic E-state index is 0.106. The highest BCUT2D eigenvalue weighted by Gasteiger charge is 2.00. The minimum Gasteiger partial charge on any atom is -0.392 e. The van der Waals surface area contributed by atoms with Crippen LogP contribution in [0.5, 0.6) is 0 Å². The van der Waals surface area contributed by atoms with Gasteiger partial charge in [0.1, 0.15) is 0 Å². The van der Waals surface area contributed by atoms with Crippen LogP contribution in [-0.4, -0.2) is 24.4 Å². The second-order valence-corrected chi connectivity index (χ2v) is 3.92. The lowest BCUT2D eigenvalue weighted by molar-refractivity contribution is 0.127. The molecule has 0 aliphatic rings. The summed E-state index contributed by atoms with van der Waals surface area (Å²) in [4.78, 5) is 0. The standard InChI is InChI=1S/C13H21NO2/c1-3-16-10-11(2)14-8-12-4-6-13(9-15)7-5-12/h4-7,11,14-15H,3,8-10H2,1-2H3. The van der Waals surface area contributed by atoms with Crippen molar-refractivity contribution in [2.24, 2.45) is 0 Å². The third-order valence-corrected chi connectivity index (χ3v) is 2.43. The largest absolute Gasteiger partial charge is 0.392 e. The van der Waals surface area contributed by atoms with Gasteiger partial charge in [-0.25, -0.2) is 0 Å². The van der Waals surface area contributed by atoms with Crippen molar-refractivity contribution in [2.45, 2.75) is 33.0 Å². The Morgan fingerprint density at radius 3 is 2.44 bits per heavy atom. The highest BCUT2D eigenvalue weighted by atomic mass is 16.5. The molecule has 16 heavy (non-hydrogen) atoms. The molecule has 1 unspecified atom stereocenters. The van der Waals surface area contributed by atoms with Crippen molar-refractivity contribution in [3.63, 3.8) is 0 Å². The topological polar surface area (TPSA) is 41.5 Å². The molecule has 0 amide bonds. The van der Waals surface area contributed by atoms with E-state index in [1.54, 1.807) is 0 Å². The molecule has 1 aromatic rings. The summed E-state index contributed by atoms with van der Waals surface area (Å²) in [7, 11) is 0. The van der Waals surface area contributed by atoms with Crippen LogP contribution >= 0.6 is 0 Å². The number of ether oxygens (including phenoxy) is 1. The highest BCUT2D eigenvalue weighted by Crippen LogP contribution is 2.04. The van der Waals surface area contributed by atoms with Crippen LogP contribution in [0.15, 0.2) is 24.3 Å². The minimum absolute atomic E-state index is 0.106. The Labute approximate surface area is 97.4 Å². The first-order chi connectivity index (χ1) is 7.76. The molecule has 3 heteroatoms. The second kappa shape index (κ2) is 7.39. The lowest BCUT2D eigenvalue weighted by Crippen LogP contribution is -2.30. The zero-order chi connectivity index (χ0) is 11.8. The molecule has 3 nitrogen and oxygen atoms in total. The first-order valence-electron chi connectivity index (χ1n) is 5.76. The van der Waals surface area contributed by atoms with Crippen molar-refractivity contribution >= 4 is 0 Å². The normalized spacial score (nSPS) is 12.7. The maximum Gasteiger partial charge on any atom is 0.0681 e. The van der Waals surface area contributed by atoms with Crippen LogP contribution in [0.2, 0.25) is 0 Å². The number of benzene rings is 1. The van der Waals surface area contributed by atoms with Gasteiger partial charge >= 0.3 is 0 Å². The van der Waals surface area contributed by atoms with Crippen LogP contribution in [0.1, 0.15) is 25.0 Å². The SMILES string of the molecule is CCOCC(C)NCc1ccc(CO)cc1. The van der Waals surface area contributed by atoms with E-state index in [2.05, 4.69) is 12.2 Å². The number of aliphatic hydroxyl groups is 1. The van der Waals surface area contributed by atoms with Gasteiger partial charge in [0, 0.05) is 19.2 Å². The smallest absolute Gasteiger partial charge is 0.0681 e. The first kappa shape index (κ1) is 13.2. The maximum absolute atomic E-state index is 8.91. The first-order valence-corrected chi connectivity index (χ1v) is 5.76. The molecule has 1 rings (SSSR count). The van der Waals surface area contributed by atoms with E-state index in [-0.39, 0.29) is 6.61 Å². The monoisotopic (exact) mass is 223 g/mol. The molecular formula is C13H21NO2. The summed E-state index contributed by atoms with van der Waals surface area (Å²) in [6.07, 6.45) is 0. The van der Waals surface area contributed by atoms with Gasteiger partial charge in [-0.2, -0.15) is 0 Å². The number of nitrogens with one attached hydrogen (secondary N) is 1. The van der Waals surface area contributed by atoms with Crippen molar-refractivity contribution in [2.75, 3.05) is 13.2 Å². The zero-order valence-electron chi connectivity index (χ0n) is 10.1. The molecule has 0 saturated heterocycles. The molecule has 0 aromatic heterocycles. The van der Waals surface area contributed by atoms with E-state index in [1.807, 2.05) is 31.2 Å². The van der Waals surface area contributed by atoms with Crippen molar-refractivity contribution in [3.05, 3.63) is 35.4 Å². The molecule has 1 aromatic carbocycles. The van der Waals surface area contributed by atoms with E-state index in [1.165, 1.54) is 5.56 Å². The predicted molar refractivity (Wildman–Crippen MR) is 65.2 cm³/mol. The van der Waals surface area contributed by atoms with Crippen LogP contribution in [0.3, 0.4) is 0 Å². The van der Waals surface area contributed by atoms with Gasteiger partial charge < -0.3 is 15.2 Å². The Morgan fingerprint density at radius 2 is 1.88 bits per heavy atom. The Morgan fingerprint density at radius 1 is 1.25 bits per heavy atom. The fourth-order valence-corrected chi connectivity index (χ4v) is 1.41. The van der Waals surface area contributed by atoms with Crippen LogP contribution < -0.4 is 5.32 Å². The maximum atomic E-state index is 8.91. The third kappa shape index (κ3) is 4.75. The molecule has 0 saturated carbocycles. The average molecular weight is 223 g/mol. The van der Waals surface area contributed by atoms with Crippen molar-refractivity contribution in [1.29, 1.82) is 0 Å². The lowest BCUT2D eigenvalue weighted by Gasteiger charge is -2.13. The molecule has 2 N–H and O–H groups in total. The molecule has 0 aliphatic heterocycles. The van der Waals surface area contributed by atoms with Crippen LogP contribution in [0, 0.1) is 0 Å². The van der Waals surface area contributed by atoms with Gasteiger partial charge in [-0.15, -0.1) is 0 Å². The molecule has 1 atom stereocenters. The Kier molecular flexibility index (Phi) is 6.08. The quantitative estimate of drug-likeness (QED) is 0.739. The molecule has 0 heterocycles. The van der Waals surface area contributed by atoms with Crippen molar-refractivity contribution < 1.29 is 9.84 Å². The number of rotatable bonds is 7. The van der Waals surface area contributed by atoms with E-state index in [4.69, 9.17) is 9.84 Å². The molecule has 0 bridgehead atoms. The lowest BCUT2D eigenvalue weighted by atomic mass is 10.1. The summed E-state index contributed by atoms with van der Waals surface area (Å²) in [6.45, 7) is 6.55. The molecule has 0 radical (unpaired) electrons. The number of aliphatic hydroxyl groups excluding tert-OH is 1. The van der Waals surface area contributed by atoms with E-state index < -0.39 is 0 Å². The van der Waals surface area contributed by atoms with E-state index >= 15 is 0 Å². The summed E-state index contributed by atoms with van der Waals surface area (Å²) in [6, 6.07) is 8.32. The molecule has 0 aliphatic carbocycles. The average Bonchev–Trinajstić information content (AvgIpc) is 2.34. The summed E-state index contributed by atoms with van der Waals surface area (Å²) >= 11 is 0. The van der Waals surface area contributed by atoms with Gasteiger partial charge in [-0.05, 0) is 25.0 Å². The summed E-state index contributed by atoms with van der Waals surface area (Å²) in [5.74, 6) is 0. The predicted octanol–water partition coefficient (Wildman–Crippen LogP) is 1.69. The van der Waals surface area contributed by atoms with Gasteiger partial charge in [0.15, 0.2) is 0 Å². The van der Waals surface area contributed by atoms with Crippen LogP contribution in [-0.2, 0) is 17.9 Å². The Hall–Kier alpha value is -0.900. The van der Waals surface area contributed by atoms with Gasteiger partial charge in [-0.1, -0.05) is 24.3 Å². The van der Waals surface area contributed by atoms with Crippen molar-refractivity contribution in [1.82, 2.24) is 5.32 Å². The molecular weight excluding hydrogens is 202 g/mol.